The Kier molecular flexibility index (Phi) is 14.8. The maximum Gasteiger partial charge on any atom is 0.307 e. The summed E-state index contributed by atoms with van der Waals surface area (Å²) < 4.78 is 11.7. The van der Waals surface area contributed by atoms with Gasteiger partial charge in [-0.1, -0.05) is 12.1 Å². The fraction of sp³-hybridized carbons (Fsp3) is 0.674. The summed E-state index contributed by atoms with van der Waals surface area (Å²) >= 11 is 0. The number of halogens is 4. The lowest BCUT2D eigenvalue weighted by Crippen LogP contribution is -3.10. The van der Waals surface area contributed by atoms with Crippen LogP contribution in [-0.4, -0.2) is 98.2 Å². The summed E-state index contributed by atoms with van der Waals surface area (Å²) in [5.74, 6) is 2.65. The monoisotopic (exact) mass is 940 g/mol. The Balaban J connectivity index is 0.00000160. The zero-order valence-electron chi connectivity index (χ0n) is 35.5. The van der Waals surface area contributed by atoms with Crippen molar-refractivity contribution in [3.05, 3.63) is 58.7 Å². The molecular formula is C46H64Cl4N4O8. The van der Waals surface area contributed by atoms with E-state index in [1.165, 1.54) is 0 Å². The third-order valence-corrected chi connectivity index (χ3v) is 17.3. The molecule has 9 aliphatic rings. The second kappa shape index (κ2) is 18.7. The molecule has 11 rings (SSSR count). The number of aliphatic carboxylic acids is 3. The standard InChI is InChI=1S/C46H60N4O8.4ClH/c1-57-31-11-24(15-33(42(51)52)28-3-6-47-18-28)9-26(13-31)21-50(22-27-10-25(12-32(14-27)58-2)16-34(43(53)54)29-4-7-48-19-29)23-46-39-36-38-37(39)41(46)45(38,40(36)46)17-35(44(55)56)30-5-8-49-20-30;;;;/h9-14,28-30,33-41,47-49H,3-8,15-23H2,1-2H3,(H,51,52)(H,53,54)(H,55,56);4*1H/t28-,29-,30-,33-,34-,35-,36?,37?,38?,39?,40?,41?,45?,46?;;;;/m0..../s1. The maximum absolute atomic E-state index is 12.7. The molecule has 3 saturated heterocycles. The fourth-order valence-corrected chi connectivity index (χ4v) is 15.3. The number of nitrogens with zero attached hydrogens (tertiary/aromatic N) is 1. The number of methoxy groups -OCH3 is 2. The topological polar surface area (TPSA) is 170 Å². The summed E-state index contributed by atoms with van der Waals surface area (Å²) in [6, 6.07) is 12.5. The highest BCUT2D eigenvalue weighted by molar-refractivity contribution is 5.86. The van der Waals surface area contributed by atoms with Gasteiger partial charge in [0.15, 0.2) is 0 Å². The highest BCUT2D eigenvalue weighted by Crippen LogP contribution is 3.11. The minimum Gasteiger partial charge on any atom is -0.497 e. The Morgan fingerprint density at radius 3 is 1.37 bits per heavy atom. The number of hydrogen-bond acceptors (Lipinski definition) is 9. The lowest BCUT2D eigenvalue weighted by Gasteiger charge is -3.12. The SMILES string of the molecule is COc1cc(C[C@H](C(=O)O)[C@H]2CCNC2)cc(CN(Cc2cc(C[C@H](C(=O)O)[C@H]3CCNC3)cc(OC)c2)CC23C4C5C6C4C2C6(C[C@H](C(=O)O)[C@H]2CCNC2)C53)c1.Cl.Cl.Cl.Cl. The Labute approximate surface area is 389 Å². The first-order chi connectivity index (χ1) is 28.1. The van der Waals surface area contributed by atoms with E-state index in [2.05, 4.69) is 45.1 Å². The molecule has 6 N–H and O–H groups in total. The van der Waals surface area contributed by atoms with Crippen LogP contribution in [-0.2, 0) is 40.3 Å². The molecule has 2 aromatic carbocycles. The van der Waals surface area contributed by atoms with Crippen molar-refractivity contribution in [1.82, 2.24) is 20.9 Å². The molecule has 2 aromatic rings. The number of benzene rings is 2. The third kappa shape index (κ3) is 7.48. The quantitative estimate of drug-likeness (QED) is 0.0983. The zero-order valence-corrected chi connectivity index (χ0v) is 38.7. The van der Waals surface area contributed by atoms with E-state index in [9.17, 15) is 29.7 Å². The minimum absolute atomic E-state index is 0. The Bertz CT molecular complexity index is 1870. The van der Waals surface area contributed by atoms with E-state index in [0.29, 0.717) is 37.8 Å². The van der Waals surface area contributed by atoms with Gasteiger partial charge in [-0.15, -0.1) is 49.6 Å². The molecule has 12 nitrogen and oxygen atoms in total. The summed E-state index contributed by atoms with van der Waals surface area (Å²) in [5, 5.41) is 41.1. The number of rotatable bonds is 20. The van der Waals surface area contributed by atoms with Crippen LogP contribution in [0.3, 0.4) is 0 Å². The van der Waals surface area contributed by atoms with Crippen LogP contribution in [0.2, 0.25) is 0 Å². The lowest BCUT2D eigenvalue weighted by molar-refractivity contribution is -0.661. The van der Waals surface area contributed by atoms with Crippen molar-refractivity contribution in [2.75, 3.05) is 60.0 Å². The largest absolute Gasteiger partial charge is 0.497 e. The normalized spacial score (nSPS) is 34.7. The van der Waals surface area contributed by atoms with Crippen molar-refractivity contribution in [1.29, 1.82) is 0 Å². The number of carboxylic acids is 3. The molecule has 0 spiro atoms. The molecule has 0 aromatic heterocycles. The molecule has 6 aliphatic carbocycles. The van der Waals surface area contributed by atoms with Gasteiger partial charge in [-0.05, 0) is 188 Å². The molecule has 0 radical (unpaired) electrons. The second-order valence-electron chi connectivity index (χ2n) is 19.6. The first kappa shape index (κ1) is 48.9. The van der Waals surface area contributed by atoms with Crippen molar-refractivity contribution < 1.29 is 39.2 Å². The molecule has 3 heterocycles. The van der Waals surface area contributed by atoms with E-state index in [1.54, 1.807) is 14.2 Å². The predicted octanol–water partition coefficient (Wildman–Crippen LogP) is 5.54. The molecule has 10 atom stereocenters. The van der Waals surface area contributed by atoms with Gasteiger partial charge in [0.25, 0.3) is 0 Å². The van der Waals surface area contributed by atoms with Crippen molar-refractivity contribution in [3.63, 3.8) is 0 Å². The van der Waals surface area contributed by atoms with E-state index in [1.807, 2.05) is 12.1 Å². The molecule has 16 heteroatoms. The van der Waals surface area contributed by atoms with Gasteiger partial charge in [0, 0.05) is 19.6 Å². The molecule has 0 bridgehead atoms. The Morgan fingerprint density at radius 1 is 0.613 bits per heavy atom. The zero-order chi connectivity index (χ0) is 40.1. The van der Waals surface area contributed by atoms with E-state index in [0.717, 1.165) is 129 Å². The lowest BCUT2D eigenvalue weighted by atomic mass is 8.91. The van der Waals surface area contributed by atoms with E-state index in [4.69, 9.17) is 9.47 Å². The predicted molar refractivity (Wildman–Crippen MR) is 243 cm³/mol. The number of carbonyl (C=O) groups is 3. The average molecular weight is 943 g/mol. The number of carboxylic acid groups (broad SMARTS) is 3. The van der Waals surface area contributed by atoms with Gasteiger partial charge in [0.2, 0.25) is 0 Å². The molecule has 6 saturated carbocycles. The van der Waals surface area contributed by atoms with Gasteiger partial charge >= 0.3 is 17.9 Å². The van der Waals surface area contributed by atoms with Gasteiger partial charge in [-0.25, -0.2) is 0 Å². The summed E-state index contributed by atoms with van der Waals surface area (Å²) in [6.07, 6.45) is 4.37. The first-order valence-corrected chi connectivity index (χ1v) is 21.9. The van der Waals surface area contributed by atoms with Crippen LogP contribution in [0, 0.1) is 81.8 Å². The summed E-state index contributed by atoms with van der Waals surface area (Å²) in [5.41, 5.74) is 4.52. The van der Waals surface area contributed by atoms with Crippen molar-refractivity contribution >= 4 is 67.5 Å². The molecular weight excluding hydrogens is 878 g/mol. The number of nitrogens with one attached hydrogen (secondary N) is 3. The summed E-state index contributed by atoms with van der Waals surface area (Å²) in [7, 11) is 3.33. The highest BCUT2D eigenvalue weighted by atomic mass is 35.5. The molecule has 62 heavy (non-hydrogen) atoms. The third-order valence-electron chi connectivity index (χ3n) is 17.3. The van der Waals surface area contributed by atoms with Gasteiger partial charge in [-0.3, -0.25) is 19.3 Å². The molecule has 0 amide bonds. The van der Waals surface area contributed by atoms with Gasteiger partial charge in [0.1, 0.15) is 11.5 Å². The number of ether oxygens (including phenoxy) is 2. The van der Waals surface area contributed by atoms with Crippen LogP contribution in [0.25, 0.3) is 0 Å². The van der Waals surface area contributed by atoms with Crippen molar-refractivity contribution in [2.24, 2.45) is 81.8 Å². The second-order valence-corrected chi connectivity index (χ2v) is 19.6. The van der Waals surface area contributed by atoms with E-state index < -0.39 is 29.7 Å². The van der Waals surface area contributed by atoms with Crippen molar-refractivity contribution in [3.8, 4) is 11.5 Å². The van der Waals surface area contributed by atoms with Crippen molar-refractivity contribution in [2.45, 2.75) is 51.6 Å². The van der Waals surface area contributed by atoms with Crippen LogP contribution in [0.5, 0.6) is 11.5 Å². The molecule has 4 unspecified atom stereocenters. The highest BCUT2D eigenvalue weighted by Gasteiger charge is 3.09. The Morgan fingerprint density at radius 2 is 1.00 bits per heavy atom. The van der Waals surface area contributed by atoms with Crippen LogP contribution >= 0.6 is 49.6 Å². The summed E-state index contributed by atoms with van der Waals surface area (Å²) in [6.45, 7) is 7.06. The smallest absolute Gasteiger partial charge is 0.307 e. The minimum atomic E-state index is -0.758. The molecule has 9 fully saturated rings. The maximum atomic E-state index is 12.7. The number of hydrogen-bond donors (Lipinski definition) is 6. The van der Waals surface area contributed by atoms with Gasteiger partial charge in [0.05, 0.1) is 32.0 Å². The average Bonchev–Trinajstić information content (AvgIpc) is 4.03. The van der Waals surface area contributed by atoms with Gasteiger partial charge in [-0.2, -0.15) is 0 Å². The van der Waals surface area contributed by atoms with E-state index in [-0.39, 0.29) is 84.1 Å². The first-order valence-electron chi connectivity index (χ1n) is 21.9. The van der Waals surface area contributed by atoms with Crippen LogP contribution in [0.4, 0.5) is 0 Å². The van der Waals surface area contributed by atoms with Gasteiger partial charge < -0.3 is 40.7 Å². The van der Waals surface area contributed by atoms with Crippen LogP contribution in [0.1, 0.15) is 47.9 Å². The summed E-state index contributed by atoms with van der Waals surface area (Å²) in [4.78, 5) is 40.3. The van der Waals surface area contributed by atoms with E-state index >= 15 is 0 Å². The van der Waals surface area contributed by atoms with Crippen LogP contribution in [0.15, 0.2) is 36.4 Å². The Hall–Kier alpha value is -2.55. The fourth-order valence-electron chi connectivity index (χ4n) is 15.3. The molecule has 344 valence electrons. The molecule has 3 aliphatic heterocycles. The van der Waals surface area contributed by atoms with Crippen LogP contribution < -0.4 is 25.4 Å².